The molecule has 0 spiro atoms. The summed E-state index contributed by atoms with van der Waals surface area (Å²) in [4.78, 5) is 14.3. The fourth-order valence-corrected chi connectivity index (χ4v) is 4.17. The molecule has 8 heteroatoms. The molecule has 1 aliphatic rings. The van der Waals surface area contributed by atoms with Crippen molar-refractivity contribution in [3.8, 4) is 0 Å². The molecule has 128 valence electrons. The molecule has 0 atom stereocenters. The molecule has 7 nitrogen and oxygen atoms in total. The fourth-order valence-electron chi connectivity index (χ4n) is 2.92. The molecule has 1 aliphatic heterocycles. The van der Waals surface area contributed by atoms with Crippen LogP contribution >= 0.6 is 0 Å². The number of sulfone groups is 1. The molecule has 1 fully saturated rings. The zero-order valence-electron chi connectivity index (χ0n) is 13.3. The normalized spacial score (nSPS) is 16.2. The third-order valence-electron chi connectivity index (χ3n) is 4.32. The highest BCUT2D eigenvalue weighted by atomic mass is 32.2. The van der Waals surface area contributed by atoms with E-state index in [1.807, 2.05) is 10.9 Å². The Bertz CT molecular complexity index is 767. The molecule has 0 saturated carbocycles. The van der Waals surface area contributed by atoms with Crippen LogP contribution in [-0.2, 0) is 14.6 Å². The van der Waals surface area contributed by atoms with Gasteiger partial charge in [0.15, 0.2) is 9.84 Å². The van der Waals surface area contributed by atoms with Gasteiger partial charge in [-0.15, -0.1) is 5.10 Å². The molecule has 1 aromatic heterocycles. The summed E-state index contributed by atoms with van der Waals surface area (Å²) in [5, 5.41) is 7.80. The molecule has 2 aromatic rings. The van der Waals surface area contributed by atoms with Crippen LogP contribution in [0.5, 0.6) is 0 Å². The first kappa shape index (κ1) is 16.6. The van der Waals surface area contributed by atoms with Gasteiger partial charge >= 0.3 is 0 Å². The molecule has 1 amide bonds. The Morgan fingerprint density at radius 2 is 1.88 bits per heavy atom. The maximum absolute atomic E-state index is 12.3. The van der Waals surface area contributed by atoms with Gasteiger partial charge in [0, 0.05) is 25.7 Å². The quantitative estimate of drug-likeness (QED) is 0.813. The van der Waals surface area contributed by atoms with Gasteiger partial charge in [0.25, 0.3) is 0 Å². The largest absolute Gasteiger partial charge is 0.343 e. The van der Waals surface area contributed by atoms with Crippen molar-refractivity contribution in [2.24, 2.45) is 0 Å². The molecule has 0 bridgehead atoms. The summed E-state index contributed by atoms with van der Waals surface area (Å²) < 4.78 is 26.3. The van der Waals surface area contributed by atoms with Crippen LogP contribution in [0, 0.1) is 0 Å². The first-order chi connectivity index (χ1) is 11.6. The van der Waals surface area contributed by atoms with Crippen LogP contribution in [0.3, 0.4) is 0 Å². The second kappa shape index (κ2) is 7.12. The van der Waals surface area contributed by atoms with Gasteiger partial charge in [-0.05, 0) is 25.0 Å². The lowest BCUT2D eigenvalue weighted by molar-refractivity contribution is -0.132. The molecule has 0 N–H and O–H groups in total. The van der Waals surface area contributed by atoms with Crippen LogP contribution in [0.25, 0.3) is 0 Å². The van der Waals surface area contributed by atoms with Crippen molar-refractivity contribution in [1.29, 1.82) is 0 Å². The number of rotatable bonds is 5. The van der Waals surface area contributed by atoms with Gasteiger partial charge in [-0.25, -0.2) is 13.1 Å². The standard InChI is InChI=1S/C16H20N4O3S/c21-16(8-13-24(22,23)15-4-2-1-3-5-15)19-10-6-14(7-11-19)20-12-9-17-18-20/h1-5,9,12,14H,6-8,10-11,13H2. The van der Waals surface area contributed by atoms with Crippen LogP contribution in [0.4, 0.5) is 0 Å². The van der Waals surface area contributed by atoms with Gasteiger partial charge in [-0.2, -0.15) is 0 Å². The summed E-state index contributed by atoms with van der Waals surface area (Å²) in [5.41, 5.74) is 0. The Balaban J connectivity index is 1.51. The Labute approximate surface area is 141 Å². The second-order valence-corrected chi connectivity index (χ2v) is 7.99. The van der Waals surface area contributed by atoms with Crippen molar-refractivity contribution in [3.63, 3.8) is 0 Å². The van der Waals surface area contributed by atoms with Crippen LogP contribution in [0.1, 0.15) is 25.3 Å². The highest BCUT2D eigenvalue weighted by Gasteiger charge is 2.25. The number of benzene rings is 1. The van der Waals surface area contributed by atoms with E-state index in [2.05, 4.69) is 10.3 Å². The summed E-state index contributed by atoms with van der Waals surface area (Å²) in [6.07, 6.45) is 5.10. The summed E-state index contributed by atoms with van der Waals surface area (Å²) in [7, 11) is -3.41. The number of aromatic nitrogens is 3. The SMILES string of the molecule is O=C(CCS(=O)(=O)c1ccccc1)N1CCC(n2ccnn2)CC1. The van der Waals surface area contributed by atoms with Gasteiger partial charge in [0.2, 0.25) is 5.91 Å². The summed E-state index contributed by atoms with van der Waals surface area (Å²) in [5.74, 6) is -0.259. The predicted octanol–water partition coefficient (Wildman–Crippen LogP) is 1.31. The monoisotopic (exact) mass is 348 g/mol. The van der Waals surface area contributed by atoms with E-state index >= 15 is 0 Å². The van der Waals surface area contributed by atoms with E-state index in [-0.39, 0.29) is 29.0 Å². The summed E-state index contributed by atoms with van der Waals surface area (Å²) in [6, 6.07) is 8.51. The van der Waals surface area contributed by atoms with Crippen LogP contribution < -0.4 is 0 Å². The zero-order valence-corrected chi connectivity index (χ0v) is 14.1. The van der Waals surface area contributed by atoms with Gasteiger partial charge in [-0.1, -0.05) is 23.4 Å². The third-order valence-corrected chi connectivity index (χ3v) is 6.05. The maximum atomic E-state index is 12.3. The summed E-state index contributed by atoms with van der Waals surface area (Å²) in [6.45, 7) is 1.24. The maximum Gasteiger partial charge on any atom is 0.223 e. The lowest BCUT2D eigenvalue weighted by Gasteiger charge is -2.31. The topological polar surface area (TPSA) is 85.2 Å². The minimum absolute atomic E-state index is 0.0191. The van der Waals surface area contributed by atoms with Crippen molar-refractivity contribution >= 4 is 15.7 Å². The lowest BCUT2D eigenvalue weighted by Crippen LogP contribution is -2.39. The van der Waals surface area contributed by atoms with E-state index in [0.717, 1.165) is 12.8 Å². The molecule has 0 aliphatic carbocycles. The highest BCUT2D eigenvalue weighted by Crippen LogP contribution is 2.22. The number of piperidine rings is 1. The molecule has 0 radical (unpaired) electrons. The van der Waals surface area contributed by atoms with E-state index in [1.165, 1.54) is 0 Å². The van der Waals surface area contributed by atoms with Crippen LogP contribution in [0.15, 0.2) is 47.6 Å². The smallest absolute Gasteiger partial charge is 0.223 e. The minimum Gasteiger partial charge on any atom is -0.343 e. The summed E-state index contributed by atoms with van der Waals surface area (Å²) >= 11 is 0. The van der Waals surface area contributed by atoms with E-state index in [9.17, 15) is 13.2 Å². The average molecular weight is 348 g/mol. The van der Waals surface area contributed by atoms with Crippen LogP contribution in [-0.4, -0.2) is 53.1 Å². The second-order valence-electron chi connectivity index (χ2n) is 5.88. The lowest BCUT2D eigenvalue weighted by atomic mass is 10.1. The van der Waals surface area contributed by atoms with Crippen molar-refractivity contribution < 1.29 is 13.2 Å². The van der Waals surface area contributed by atoms with Crippen molar-refractivity contribution in [2.45, 2.75) is 30.2 Å². The predicted molar refractivity (Wildman–Crippen MR) is 88.0 cm³/mol. The molecular weight excluding hydrogens is 328 g/mol. The first-order valence-electron chi connectivity index (χ1n) is 7.97. The first-order valence-corrected chi connectivity index (χ1v) is 9.63. The van der Waals surface area contributed by atoms with Crippen molar-refractivity contribution in [3.05, 3.63) is 42.7 Å². The van der Waals surface area contributed by atoms with Gasteiger partial charge in [0.05, 0.1) is 22.9 Å². The van der Waals surface area contributed by atoms with Crippen LogP contribution in [0.2, 0.25) is 0 Å². The van der Waals surface area contributed by atoms with Gasteiger partial charge in [-0.3, -0.25) is 4.79 Å². The number of nitrogens with zero attached hydrogens (tertiary/aromatic N) is 4. The Morgan fingerprint density at radius 1 is 1.17 bits per heavy atom. The minimum atomic E-state index is -3.41. The number of carbonyl (C=O) groups excluding carboxylic acids is 1. The Morgan fingerprint density at radius 3 is 2.50 bits per heavy atom. The molecule has 3 rings (SSSR count). The molecule has 24 heavy (non-hydrogen) atoms. The number of carbonyl (C=O) groups is 1. The van der Waals surface area contributed by atoms with E-state index < -0.39 is 9.84 Å². The molecule has 1 saturated heterocycles. The number of hydrogen-bond donors (Lipinski definition) is 0. The van der Waals surface area contributed by atoms with E-state index in [1.54, 1.807) is 41.4 Å². The van der Waals surface area contributed by atoms with E-state index in [4.69, 9.17) is 0 Å². The van der Waals surface area contributed by atoms with Gasteiger partial charge < -0.3 is 4.90 Å². The average Bonchev–Trinajstić information content (AvgIpc) is 3.15. The van der Waals surface area contributed by atoms with Crippen molar-refractivity contribution in [2.75, 3.05) is 18.8 Å². The molecule has 2 heterocycles. The van der Waals surface area contributed by atoms with Gasteiger partial charge in [0.1, 0.15) is 0 Å². The number of hydrogen-bond acceptors (Lipinski definition) is 5. The molecular formula is C16H20N4O3S. The number of amides is 1. The number of likely N-dealkylation sites (tertiary alicyclic amines) is 1. The third kappa shape index (κ3) is 3.81. The Hall–Kier alpha value is -2.22. The highest BCUT2D eigenvalue weighted by molar-refractivity contribution is 7.91. The van der Waals surface area contributed by atoms with Crippen molar-refractivity contribution in [1.82, 2.24) is 19.9 Å². The molecule has 1 aromatic carbocycles. The van der Waals surface area contributed by atoms with E-state index in [0.29, 0.717) is 13.1 Å². The Kier molecular flexibility index (Phi) is 4.94. The molecule has 0 unspecified atom stereocenters. The zero-order chi connectivity index (χ0) is 17.0. The fraction of sp³-hybridized carbons (Fsp3) is 0.438.